The van der Waals surface area contributed by atoms with Crippen LogP contribution >= 0.6 is 11.6 Å². The van der Waals surface area contributed by atoms with Gasteiger partial charge in [-0.3, -0.25) is 0 Å². The van der Waals surface area contributed by atoms with Crippen molar-refractivity contribution in [2.75, 3.05) is 6.61 Å². The van der Waals surface area contributed by atoms with Crippen LogP contribution < -0.4 is 16.2 Å². The summed E-state index contributed by atoms with van der Waals surface area (Å²) in [6, 6.07) is 5.11. The first kappa shape index (κ1) is 10.7. The molecular formula is C9H12ClN3O. The number of benzene rings is 1. The summed E-state index contributed by atoms with van der Waals surface area (Å²) in [5.74, 6) is 0.633. The molecule has 0 unspecified atom stereocenters. The van der Waals surface area contributed by atoms with Crippen molar-refractivity contribution >= 4 is 23.2 Å². The fourth-order valence-electron chi connectivity index (χ4n) is 0.981. The van der Waals surface area contributed by atoms with Crippen molar-refractivity contribution in [2.45, 2.75) is 6.92 Å². The van der Waals surface area contributed by atoms with Gasteiger partial charge in [-0.2, -0.15) is 0 Å². The Labute approximate surface area is 87.5 Å². The van der Waals surface area contributed by atoms with E-state index in [4.69, 9.17) is 27.8 Å². The monoisotopic (exact) mass is 213 g/mol. The molecule has 0 radical (unpaired) electrons. The lowest BCUT2D eigenvalue weighted by Crippen LogP contribution is -2.21. The van der Waals surface area contributed by atoms with Crippen molar-refractivity contribution in [3.8, 4) is 5.75 Å². The molecule has 0 aromatic heterocycles. The maximum atomic E-state index is 5.92. The quantitative estimate of drug-likeness (QED) is 0.592. The van der Waals surface area contributed by atoms with Gasteiger partial charge in [0.2, 0.25) is 0 Å². The molecule has 1 rings (SSSR count). The third kappa shape index (κ3) is 2.81. The minimum atomic E-state index is 0.00484. The largest absolute Gasteiger partial charge is 0.492 e. The zero-order valence-corrected chi connectivity index (χ0v) is 8.58. The molecule has 0 aliphatic rings. The molecule has 0 fully saturated rings. The normalized spacial score (nSPS) is 9.57. The number of hydrogen-bond donors (Lipinski definition) is 2. The lowest BCUT2D eigenvalue weighted by atomic mass is 10.3. The summed E-state index contributed by atoms with van der Waals surface area (Å²) in [6.07, 6.45) is 0. The van der Waals surface area contributed by atoms with Gasteiger partial charge in [0.1, 0.15) is 5.75 Å². The van der Waals surface area contributed by atoms with Gasteiger partial charge < -0.3 is 16.2 Å². The molecule has 0 aliphatic carbocycles. The van der Waals surface area contributed by atoms with E-state index in [-0.39, 0.29) is 5.96 Å². The van der Waals surface area contributed by atoms with E-state index in [2.05, 4.69) is 4.99 Å². The predicted octanol–water partition coefficient (Wildman–Crippen LogP) is 1.64. The highest BCUT2D eigenvalue weighted by molar-refractivity contribution is 6.32. The summed E-state index contributed by atoms with van der Waals surface area (Å²) in [5.41, 5.74) is 11.1. The van der Waals surface area contributed by atoms with Crippen molar-refractivity contribution in [2.24, 2.45) is 16.5 Å². The second kappa shape index (κ2) is 4.72. The maximum absolute atomic E-state index is 5.92. The van der Waals surface area contributed by atoms with Crippen molar-refractivity contribution in [3.05, 3.63) is 23.2 Å². The van der Waals surface area contributed by atoms with Crippen LogP contribution in [-0.4, -0.2) is 12.6 Å². The number of guanidine groups is 1. The summed E-state index contributed by atoms with van der Waals surface area (Å²) in [4.78, 5) is 3.85. The average Bonchev–Trinajstić information content (AvgIpc) is 2.09. The van der Waals surface area contributed by atoms with Crippen molar-refractivity contribution in [1.82, 2.24) is 0 Å². The van der Waals surface area contributed by atoms with E-state index in [1.54, 1.807) is 18.2 Å². The third-order valence-electron chi connectivity index (χ3n) is 1.47. The van der Waals surface area contributed by atoms with Crippen LogP contribution in [0.2, 0.25) is 5.02 Å². The predicted molar refractivity (Wildman–Crippen MR) is 58.1 cm³/mol. The molecule has 4 nitrogen and oxygen atoms in total. The van der Waals surface area contributed by atoms with Gasteiger partial charge >= 0.3 is 0 Å². The molecule has 0 saturated heterocycles. The Kier molecular flexibility index (Phi) is 3.59. The number of nitrogens with zero attached hydrogens (tertiary/aromatic N) is 1. The Morgan fingerprint density at radius 2 is 2.21 bits per heavy atom. The minimum Gasteiger partial charge on any atom is -0.492 e. The van der Waals surface area contributed by atoms with Gasteiger partial charge in [0.25, 0.3) is 0 Å². The van der Waals surface area contributed by atoms with E-state index in [1.807, 2.05) is 6.92 Å². The van der Waals surface area contributed by atoms with Crippen LogP contribution in [0.3, 0.4) is 0 Å². The SMILES string of the molecule is CCOc1ccc(N=C(N)N)cc1Cl. The number of halogens is 1. The molecule has 5 heteroatoms. The van der Waals surface area contributed by atoms with Crippen LogP contribution in [0.25, 0.3) is 0 Å². The van der Waals surface area contributed by atoms with Crippen LogP contribution in [0.1, 0.15) is 6.92 Å². The van der Waals surface area contributed by atoms with Gasteiger partial charge in [0.15, 0.2) is 5.96 Å². The Morgan fingerprint density at radius 1 is 1.50 bits per heavy atom. The molecule has 0 atom stereocenters. The van der Waals surface area contributed by atoms with E-state index in [0.29, 0.717) is 23.1 Å². The smallest absolute Gasteiger partial charge is 0.191 e. The minimum absolute atomic E-state index is 0.00484. The van der Waals surface area contributed by atoms with Crippen LogP contribution in [-0.2, 0) is 0 Å². The van der Waals surface area contributed by atoms with Crippen LogP contribution in [0.15, 0.2) is 23.2 Å². The second-order valence-corrected chi connectivity index (χ2v) is 2.99. The lowest BCUT2D eigenvalue weighted by Gasteiger charge is -2.05. The highest BCUT2D eigenvalue weighted by Crippen LogP contribution is 2.28. The zero-order valence-electron chi connectivity index (χ0n) is 7.83. The highest BCUT2D eigenvalue weighted by atomic mass is 35.5. The third-order valence-corrected chi connectivity index (χ3v) is 1.77. The standard InChI is InChI=1S/C9H12ClN3O/c1-2-14-8-4-3-6(5-7(8)10)13-9(11)12/h3-5H,2H2,1H3,(H4,11,12,13). The topological polar surface area (TPSA) is 73.6 Å². The number of ether oxygens (including phenoxy) is 1. The summed E-state index contributed by atoms with van der Waals surface area (Å²) in [6.45, 7) is 2.46. The van der Waals surface area contributed by atoms with Gasteiger partial charge in [0, 0.05) is 0 Å². The van der Waals surface area contributed by atoms with Gasteiger partial charge in [-0.1, -0.05) is 11.6 Å². The van der Waals surface area contributed by atoms with Crippen molar-refractivity contribution < 1.29 is 4.74 Å². The average molecular weight is 214 g/mol. The molecule has 0 saturated carbocycles. The first-order valence-electron chi connectivity index (χ1n) is 4.15. The molecule has 0 bridgehead atoms. The molecule has 76 valence electrons. The summed E-state index contributed by atoms with van der Waals surface area (Å²) < 4.78 is 5.25. The lowest BCUT2D eigenvalue weighted by molar-refractivity contribution is 0.340. The molecule has 0 aliphatic heterocycles. The first-order chi connectivity index (χ1) is 6.63. The molecular weight excluding hydrogens is 202 g/mol. The van der Waals surface area contributed by atoms with Crippen molar-refractivity contribution in [3.63, 3.8) is 0 Å². The Balaban J connectivity index is 2.94. The summed E-state index contributed by atoms with van der Waals surface area (Å²) in [7, 11) is 0. The van der Waals surface area contributed by atoms with E-state index in [9.17, 15) is 0 Å². The molecule has 4 N–H and O–H groups in total. The maximum Gasteiger partial charge on any atom is 0.191 e. The van der Waals surface area contributed by atoms with E-state index in [1.165, 1.54) is 0 Å². The molecule has 1 aromatic rings. The summed E-state index contributed by atoms with van der Waals surface area (Å²) >= 11 is 5.92. The van der Waals surface area contributed by atoms with Gasteiger partial charge in [-0.25, -0.2) is 4.99 Å². The van der Waals surface area contributed by atoms with E-state index >= 15 is 0 Å². The second-order valence-electron chi connectivity index (χ2n) is 2.58. The molecule has 0 amide bonds. The Bertz CT molecular complexity index is 348. The Hall–Kier alpha value is -1.42. The Morgan fingerprint density at radius 3 is 2.71 bits per heavy atom. The zero-order chi connectivity index (χ0) is 10.6. The van der Waals surface area contributed by atoms with Crippen LogP contribution in [0.4, 0.5) is 5.69 Å². The van der Waals surface area contributed by atoms with E-state index < -0.39 is 0 Å². The van der Waals surface area contributed by atoms with Crippen LogP contribution in [0.5, 0.6) is 5.75 Å². The van der Waals surface area contributed by atoms with E-state index in [0.717, 1.165) is 0 Å². The van der Waals surface area contributed by atoms with Crippen LogP contribution in [0, 0.1) is 0 Å². The number of nitrogens with two attached hydrogens (primary N) is 2. The van der Waals surface area contributed by atoms with Gasteiger partial charge in [-0.15, -0.1) is 0 Å². The molecule has 1 aromatic carbocycles. The first-order valence-corrected chi connectivity index (χ1v) is 4.53. The number of rotatable bonds is 3. The molecule has 0 heterocycles. The fraction of sp³-hybridized carbons (Fsp3) is 0.222. The number of aliphatic imine (C=N–C) groups is 1. The summed E-state index contributed by atoms with van der Waals surface area (Å²) in [5, 5.41) is 0.495. The van der Waals surface area contributed by atoms with Gasteiger partial charge in [-0.05, 0) is 25.1 Å². The molecule has 14 heavy (non-hydrogen) atoms. The molecule has 0 spiro atoms. The fourth-order valence-corrected chi connectivity index (χ4v) is 1.21. The van der Waals surface area contributed by atoms with Gasteiger partial charge in [0.05, 0.1) is 17.3 Å². The highest BCUT2D eigenvalue weighted by Gasteiger charge is 2.01. The number of hydrogen-bond acceptors (Lipinski definition) is 2. The van der Waals surface area contributed by atoms with Crippen molar-refractivity contribution in [1.29, 1.82) is 0 Å².